The zero-order valence-electron chi connectivity index (χ0n) is 10.3. The second-order valence-electron chi connectivity index (χ2n) is 3.59. The minimum atomic E-state index is -0.669. The second kappa shape index (κ2) is 7.81. The molecule has 0 aliphatic heterocycles. The van der Waals surface area contributed by atoms with Crippen LogP contribution in [0.15, 0.2) is 43.0 Å². The van der Waals surface area contributed by atoms with E-state index in [1.165, 1.54) is 30.4 Å². The lowest BCUT2D eigenvalue weighted by atomic mass is 10.2. The molecule has 0 fully saturated rings. The molecule has 1 aromatic carbocycles. The Balaban J connectivity index is 2.39. The first-order valence-electron chi connectivity index (χ1n) is 5.60. The van der Waals surface area contributed by atoms with Crippen molar-refractivity contribution < 1.29 is 18.7 Å². The van der Waals surface area contributed by atoms with E-state index in [9.17, 15) is 14.0 Å². The predicted molar refractivity (Wildman–Crippen MR) is 69.6 cm³/mol. The number of benzene rings is 1. The molecule has 100 valence electrons. The highest BCUT2D eigenvalue weighted by molar-refractivity contribution is 5.89. The minimum absolute atomic E-state index is 0.315. The average Bonchev–Trinajstić information content (AvgIpc) is 2.40. The van der Waals surface area contributed by atoms with E-state index >= 15 is 0 Å². The number of carbonyl (C=O) groups excluding carboxylic acids is 2. The maximum atomic E-state index is 12.9. The van der Waals surface area contributed by atoms with Gasteiger partial charge < -0.3 is 10.1 Å². The van der Waals surface area contributed by atoms with Gasteiger partial charge in [-0.1, -0.05) is 18.2 Å². The molecule has 1 rings (SSSR count). The second-order valence-corrected chi connectivity index (χ2v) is 3.59. The summed E-state index contributed by atoms with van der Waals surface area (Å²) in [4.78, 5) is 22.4. The van der Waals surface area contributed by atoms with E-state index in [-0.39, 0.29) is 12.4 Å². The number of esters is 1. The number of hydrogen-bond acceptors (Lipinski definition) is 3. The van der Waals surface area contributed by atoms with Crippen molar-refractivity contribution in [3.63, 3.8) is 0 Å². The summed E-state index contributed by atoms with van der Waals surface area (Å²) in [6.07, 6.45) is 4.06. The summed E-state index contributed by atoms with van der Waals surface area (Å²) in [5.74, 6) is -1.47. The molecule has 0 heterocycles. The largest absolute Gasteiger partial charge is 0.452 e. The number of hydrogen-bond donors (Lipinski definition) is 1. The number of amides is 1. The summed E-state index contributed by atoms with van der Waals surface area (Å²) < 4.78 is 17.5. The van der Waals surface area contributed by atoms with E-state index in [1.54, 1.807) is 6.07 Å². The number of carbonyl (C=O) groups is 2. The van der Waals surface area contributed by atoms with Gasteiger partial charge in [-0.2, -0.15) is 0 Å². The van der Waals surface area contributed by atoms with Gasteiger partial charge in [0, 0.05) is 12.6 Å². The third-order valence-corrected chi connectivity index (χ3v) is 2.05. The van der Waals surface area contributed by atoms with Gasteiger partial charge in [0.15, 0.2) is 6.61 Å². The predicted octanol–water partition coefficient (Wildman–Crippen LogP) is 1.68. The Morgan fingerprint density at radius 2 is 2.21 bits per heavy atom. The number of rotatable bonds is 6. The van der Waals surface area contributed by atoms with Crippen LogP contribution in [0.25, 0.3) is 6.08 Å². The number of ether oxygens (including phenoxy) is 1. The molecule has 0 aliphatic carbocycles. The molecule has 1 N–H and O–H groups in total. The summed E-state index contributed by atoms with van der Waals surface area (Å²) in [6.45, 7) is 3.39. The van der Waals surface area contributed by atoms with Crippen LogP contribution in [0, 0.1) is 5.82 Å². The molecular formula is C14H14FNO3. The van der Waals surface area contributed by atoms with Crippen LogP contribution >= 0.6 is 0 Å². The smallest absolute Gasteiger partial charge is 0.331 e. The zero-order chi connectivity index (χ0) is 14.1. The SMILES string of the molecule is C=CCNC(=O)COC(=O)/C=C/c1cccc(F)c1. The molecule has 0 bridgehead atoms. The van der Waals surface area contributed by atoms with E-state index in [0.717, 1.165) is 6.08 Å². The van der Waals surface area contributed by atoms with E-state index in [0.29, 0.717) is 12.1 Å². The normalized spacial score (nSPS) is 10.2. The Kier molecular flexibility index (Phi) is 6.02. The van der Waals surface area contributed by atoms with Gasteiger partial charge in [-0.15, -0.1) is 6.58 Å². The first-order chi connectivity index (χ1) is 9.11. The quantitative estimate of drug-likeness (QED) is 0.482. The maximum Gasteiger partial charge on any atom is 0.331 e. The van der Waals surface area contributed by atoms with Crippen molar-refractivity contribution in [1.29, 1.82) is 0 Å². The third-order valence-electron chi connectivity index (χ3n) is 2.05. The van der Waals surface area contributed by atoms with Gasteiger partial charge in [0.1, 0.15) is 5.82 Å². The maximum absolute atomic E-state index is 12.9. The Labute approximate surface area is 110 Å². The molecule has 0 saturated heterocycles. The molecule has 0 aliphatic rings. The standard InChI is InChI=1S/C14H14FNO3/c1-2-8-16-13(17)10-19-14(18)7-6-11-4-3-5-12(15)9-11/h2-7,9H,1,8,10H2,(H,16,17)/b7-6+. The average molecular weight is 263 g/mol. The minimum Gasteiger partial charge on any atom is -0.452 e. The fourth-order valence-electron chi connectivity index (χ4n) is 1.20. The molecule has 0 aromatic heterocycles. The summed E-state index contributed by atoms with van der Waals surface area (Å²) >= 11 is 0. The van der Waals surface area contributed by atoms with Crippen LogP contribution in [0.1, 0.15) is 5.56 Å². The number of nitrogens with one attached hydrogen (secondary N) is 1. The van der Waals surface area contributed by atoms with Crippen molar-refractivity contribution in [2.45, 2.75) is 0 Å². The van der Waals surface area contributed by atoms with Crippen LogP contribution in [0.5, 0.6) is 0 Å². The van der Waals surface area contributed by atoms with Crippen LogP contribution in [-0.4, -0.2) is 25.0 Å². The van der Waals surface area contributed by atoms with Gasteiger partial charge in [0.25, 0.3) is 5.91 Å². The van der Waals surface area contributed by atoms with Gasteiger partial charge in [-0.05, 0) is 23.8 Å². The molecule has 0 saturated carbocycles. The van der Waals surface area contributed by atoms with Crippen LogP contribution < -0.4 is 5.32 Å². The Morgan fingerprint density at radius 1 is 1.42 bits per heavy atom. The molecular weight excluding hydrogens is 249 g/mol. The summed E-state index contributed by atoms with van der Waals surface area (Å²) in [7, 11) is 0. The molecule has 4 nitrogen and oxygen atoms in total. The summed E-state index contributed by atoms with van der Waals surface area (Å²) in [6, 6.07) is 5.76. The van der Waals surface area contributed by atoms with Gasteiger partial charge in [-0.25, -0.2) is 9.18 Å². The lowest BCUT2D eigenvalue weighted by Crippen LogP contribution is -2.28. The van der Waals surface area contributed by atoms with E-state index in [4.69, 9.17) is 0 Å². The Bertz CT molecular complexity index is 497. The summed E-state index contributed by atoms with van der Waals surface area (Å²) in [5, 5.41) is 2.46. The van der Waals surface area contributed by atoms with Gasteiger partial charge in [0.2, 0.25) is 0 Å². The first-order valence-corrected chi connectivity index (χ1v) is 5.60. The zero-order valence-corrected chi connectivity index (χ0v) is 10.3. The Hall–Kier alpha value is -2.43. The molecule has 0 unspecified atom stereocenters. The van der Waals surface area contributed by atoms with Gasteiger partial charge in [0.05, 0.1) is 0 Å². The van der Waals surface area contributed by atoms with E-state index in [1.807, 2.05) is 0 Å². The van der Waals surface area contributed by atoms with Crippen LogP contribution in [0.3, 0.4) is 0 Å². The van der Waals surface area contributed by atoms with Crippen LogP contribution in [0.4, 0.5) is 4.39 Å². The Morgan fingerprint density at radius 3 is 2.89 bits per heavy atom. The summed E-state index contributed by atoms with van der Waals surface area (Å²) in [5.41, 5.74) is 0.535. The highest BCUT2D eigenvalue weighted by Crippen LogP contribution is 2.05. The van der Waals surface area contributed by atoms with Crippen molar-refractivity contribution in [2.75, 3.05) is 13.2 Å². The van der Waals surface area contributed by atoms with E-state index in [2.05, 4.69) is 16.6 Å². The van der Waals surface area contributed by atoms with Crippen LogP contribution in [-0.2, 0) is 14.3 Å². The molecule has 0 spiro atoms. The highest BCUT2D eigenvalue weighted by atomic mass is 19.1. The third kappa shape index (κ3) is 6.16. The van der Waals surface area contributed by atoms with E-state index < -0.39 is 11.9 Å². The first kappa shape index (κ1) is 14.6. The molecule has 1 aromatic rings. The van der Waals surface area contributed by atoms with Gasteiger partial charge in [-0.3, -0.25) is 4.79 Å². The topological polar surface area (TPSA) is 55.4 Å². The lowest BCUT2D eigenvalue weighted by Gasteiger charge is -2.02. The highest BCUT2D eigenvalue weighted by Gasteiger charge is 2.03. The van der Waals surface area contributed by atoms with Crippen LogP contribution in [0.2, 0.25) is 0 Å². The molecule has 0 radical (unpaired) electrons. The molecule has 5 heteroatoms. The van der Waals surface area contributed by atoms with Crippen molar-refractivity contribution in [3.05, 3.63) is 54.4 Å². The fourth-order valence-corrected chi connectivity index (χ4v) is 1.20. The fraction of sp³-hybridized carbons (Fsp3) is 0.143. The van der Waals surface area contributed by atoms with Crippen molar-refractivity contribution in [2.24, 2.45) is 0 Å². The van der Waals surface area contributed by atoms with Crippen molar-refractivity contribution in [3.8, 4) is 0 Å². The lowest BCUT2D eigenvalue weighted by molar-refractivity contribution is -0.143. The molecule has 0 atom stereocenters. The molecule has 19 heavy (non-hydrogen) atoms. The number of halogens is 1. The van der Waals surface area contributed by atoms with Crippen molar-refractivity contribution in [1.82, 2.24) is 5.32 Å². The monoisotopic (exact) mass is 263 g/mol. The van der Waals surface area contributed by atoms with Gasteiger partial charge >= 0.3 is 5.97 Å². The molecule has 1 amide bonds. The van der Waals surface area contributed by atoms with Crippen molar-refractivity contribution >= 4 is 18.0 Å².